The van der Waals surface area contributed by atoms with Crippen LogP contribution in [0.1, 0.15) is 51.1 Å². The minimum Gasteiger partial charge on any atom is -0.320 e. The Balaban J connectivity index is 1.76. The first-order chi connectivity index (χ1) is 10.1. The SMILES string of the molecule is CC(C)CC1NC(c2cccs2)N(CC(C)C2CC2)C1=O. The van der Waals surface area contributed by atoms with E-state index >= 15 is 0 Å². The zero-order chi connectivity index (χ0) is 15.0. The smallest absolute Gasteiger partial charge is 0.241 e. The fourth-order valence-corrected chi connectivity index (χ4v) is 4.12. The largest absolute Gasteiger partial charge is 0.320 e. The van der Waals surface area contributed by atoms with Crippen LogP contribution in [0.2, 0.25) is 0 Å². The van der Waals surface area contributed by atoms with Gasteiger partial charge >= 0.3 is 0 Å². The molecule has 1 saturated carbocycles. The van der Waals surface area contributed by atoms with Crippen molar-refractivity contribution in [2.24, 2.45) is 17.8 Å². The van der Waals surface area contributed by atoms with Gasteiger partial charge in [0.05, 0.1) is 6.04 Å². The van der Waals surface area contributed by atoms with Gasteiger partial charge in [-0.1, -0.05) is 26.8 Å². The lowest BCUT2D eigenvalue weighted by Crippen LogP contribution is -2.35. The molecule has 3 atom stereocenters. The predicted octanol–water partition coefficient (Wildman–Crippen LogP) is 3.64. The summed E-state index contributed by atoms with van der Waals surface area (Å²) in [5.41, 5.74) is 0. The molecular formula is C17H26N2OS. The molecule has 1 amide bonds. The van der Waals surface area contributed by atoms with Crippen LogP contribution < -0.4 is 5.32 Å². The molecule has 21 heavy (non-hydrogen) atoms. The lowest BCUT2D eigenvalue weighted by molar-refractivity contribution is -0.131. The van der Waals surface area contributed by atoms with Crippen molar-refractivity contribution in [3.63, 3.8) is 0 Å². The second kappa shape index (κ2) is 6.09. The monoisotopic (exact) mass is 306 g/mol. The number of rotatable bonds is 6. The summed E-state index contributed by atoms with van der Waals surface area (Å²) in [6.45, 7) is 7.56. The number of nitrogens with one attached hydrogen (secondary N) is 1. The molecule has 3 nitrogen and oxygen atoms in total. The van der Waals surface area contributed by atoms with Crippen molar-refractivity contribution < 1.29 is 4.79 Å². The van der Waals surface area contributed by atoms with E-state index in [0.29, 0.717) is 17.7 Å². The fraction of sp³-hybridized carbons (Fsp3) is 0.706. The summed E-state index contributed by atoms with van der Waals surface area (Å²) in [7, 11) is 0. The number of carbonyl (C=O) groups excluding carboxylic acids is 1. The number of hydrogen-bond acceptors (Lipinski definition) is 3. The number of thiophene rings is 1. The van der Waals surface area contributed by atoms with Crippen molar-refractivity contribution >= 4 is 17.2 Å². The van der Waals surface area contributed by atoms with Crippen LogP contribution in [0.4, 0.5) is 0 Å². The van der Waals surface area contributed by atoms with Crippen LogP contribution in [0.3, 0.4) is 0 Å². The summed E-state index contributed by atoms with van der Waals surface area (Å²) >= 11 is 1.74. The first-order valence-corrected chi connectivity index (χ1v) is 9.04. The Labute approximate surface area is 131 Å². The molecule has 1 saturated heterocycles. The normalized spacial score (nSPS) is 27.6. The maximum atomic E-state index is 12.8. The average molecular weight is 306 g/mol. The van der Waals surface area contributed by atoms with Crippen molar-refractivity contribution in [2.75, 3.05) is 6.54 Å². The van der Waals surface area contributed by atoms with Crippen molar-refractivity contribution in [1.29, 1.82) is 0 Å². The van der Waals surface area contributed by atoms with E-state index in [0.717, 1.165) is 18.9 Å². The van der Waals surface area contributed by atoms with Crippen molar-refractivity contribution in [3.8, 4) is 0 Å². The van der Waals surface area contributed by atoms with Gasteiger partial charge in [-0.3, -0.25) is 10.1 Å². The molecule has 0 radical (unpaired) electrons. The highest BCUT2D eigenvalue weighted by molar-refractivity contribution is 7.10. The van der Waals surface area contributed by atoms with Gasteiger partial charge in [0.2, 0.25) is 5.91 Å². The van der Waals surface area contributed by atoms with Crippen molar-refractivity contribution in [2.45, 2.75) is 52.2 Å². The molecular weight excluding hydrogens is 280 g/mol. The first kappa shape index (κ1) is 15.0. The molecule has 2 fully saturated rings. The summed E-state index contributed by atoms with van der Waals surface area (Å²) in [6, 6.07) is 4.20. The molecule has 0 bridgehead atoms. The molecule has 1 N–H and O–H groups in total. The molecule has 3 unspecified atom stereocenters. The van der Waals surface area contributed by atoms with Crippen molar-refractivity contribution in [3.05, 3.63) is 22.4 Å². The number of nitrogens with zero attached hydrogens (tertiary/aromatic N) is 1. The summed E-state index contributed by atoms with van der Waals surface area (Å²) in [5.74, 6) is 2.30. The van der Waals surface area contributed by atoms with E-state index in [2.05, 4.69) is 48.5 Å². The van der Waals surface area contributed by atoms with Crippen LogP contribution in [0.15, 0.2) is 17.5 Å². The Morgan fingerprint density at radius 3 is 2.71 bits per heavy atom. The molecule has 0 spiro atoms. The van der Waals surface area contributed by atoms with Gasteiger partial charge in [0.1, 0.15) is 6.17 Å². The Kier molecular flexibility index (Phi) is 4.36. The molecule has 1 aromatic rings. The van der Waals surface area contributed by atoms with Crippen molar-refractivity contribution in [1.82, 2.24) is 10.2 Å². The Hall–Kier alpha value is -0.870. The topological polar surface area (TPSA) is 32.3 Å². The third-order valence-corrected chi connectivity index (χ3v) is 5.61. The van der Waals surface area contributed by atoms with Gasteiger partial charge in [-0.25, -0.2) is 0 Å². The van der Waals surface area contributed by atoms with E-state index in [1.165, 1.54) is 17.7 Å². The molecule has 1 aliphatic carbocycles. The minimum atomic E-state index is -0.0106. The number of hydrogen-bond donors (Lipinski definition) is 1. The maximum absolute atomic E-state index is 12.8. The van der Waals surface area contributed by atoms with Crippen LogP contribution in [0, 0.1) is 17.8 Å². The summed E-state index contributed by atoms with van der Waals surface area (Å²) < 4.78 is 0. The molecule has 0 aromatic carbocycles. The Morgan fingerprint density at radius 1 is 1.38 bits per heavy atom. The fourth-order valence-electron chi connectivity index (χ4n) is 3.32. The molecule has 3 rings (SSSR count). The molecule has 1 aliphatic heterocycles. The van der Waals surface area contributed by atoms with Gasteiger partial charge in [-0.2, -0.15) is 0 Å². The minimum absolute atomic E-state index is 0.0106. The third kappa shape index (κ3) is 3.32. The predicted molar refractivity (Wildman–Crippen MR) is 87.0 cm³/mol. The molecule has 2 heterocycles. The molecule has 4 heteroatoms. The second-order valence-electron chi connectivity index (χ2n) is 7.07. The van der Waals surface area contributed by atoms with Crippen LogP contribution in [0.5, 0.6) is 0 Å². The van der Waals surface area contributed by atoms with Gasteiger partial charge in [-0.05, 0) is 48.5 Å². The second-order valence-corrected chi connectivity index (χ2v) is 8.05. The molecule has 2 aliphatic rings. The van der Waals surface area contributed by atoms with E-state index < -0.39 is 0 Å². The van der Waals surface area contributed by atoms with Gasteiger partial charge in [0.15, 0.2) is 0 Å². The highest BCUT2D eigenvalue weighted by Gasteiger charge is 2.42. The Bertz CT molecular complexity index is 481. The van der Waals surface area contributed by atoms with E-state index in [9.17, 15) is 4.79 Å². The average Bonchev–Trinajstić information content (AvgIpc) is 3.08. The summed E-state index contributed by atoms with van der Waals surface area (Å²) in [4.78, 5) is 16.2. The maximum Gasteiger partial charge on any atom is 0.241 e. The van der Waals surface area contributed by atoms with Crippen LogP contribution >= 0.6 is 11.3 Å². The van der Waals surface area contributed by atoms with Crippen LogP contribution in [-0.2, 0) is 4.79 Å². The number of amides is 1. The zero-order valence-corrected chi connectivity index (χ0v) is 14.0. The highest BCUT2D eigenvalue weighted by Crippen LogP contribution is 2.39. The first-order valence-electron chi connectivity index (χ1n) is 8.16. The molecule has 1 aromatic heterocycles. The van der Waals surface area contributed by atoms with E-state index in [1.54, 1.807) is 11.3 Å². The Morgan fingerprint density at radius 2 is 2.14 bits per heavy atom. The van der Waals surface area contributed by atoms with E-state index in [-0.39, 0.29) is 12.2 Å². The van der Waals surface area contributed by atoms with Crippen LogP contribution in [-0.4, -0.2) is 23.4 Å². The zero-order valence-electron chi connectivity index (χ0n) is 13.2. The van der Waals surface area contributed by atoms with Gasteiger partial charge < -0.3 is 4.90 Å². The number of carbonyl (C=O) groups is 1. The molecule has 116 valence electrons. The summed E-state index contributed by atoms with van der Waals surface area (Å²) in [6.07, 6.45) is 3.70. The van der Waals surface area contributed by atoms with Crippen LogP contribution in [0.25, 0.3) is 0 Å². The standard InChI is InChI=1S/C17H26N2OS/c1-11(2)9-14-17(20)19(10-12(3)13-6-7-13)16(18-14)15-5-4-8-21-15/h4-5,8,11-14,16,18H,6-7,9-10H2,1-3H3. The third-order valence-electron chi connectivity index (χ3n) is 4.68. The lowest BCUT2D eigenvalue weighted by atomic mass is 10.0. The van der Waals surface area contributed by atoms with Gasteiger partial charge in [0.25, 0.3) is 0 Å². The van der Waals surface area contributed by atoms with Gasteiger partial charge in [-0.15, -0.1) is 11.3 Å². The van der Waals surface area contributed by atoms with E-state index in [4.69, 9.17) is 0 Å². The van der Waals surface area contributed by atoms with E-state index in [1.807, 2.05) is 0 Å². The highest BCUT2D eigenvalue weighted by atomic mass is 32.1. The summed E-state index contributed by atoms with van der Waals surface area (Å²) in [5, 5.41) is 5.67. The quantitative estimate of drug-likeness (QED) is 0.870. The van der Waals surface area contributed by atoms with Gasteiger partial charge in [0, 0.05) is 11.4 Å². The lowest BCUT2D eigenvalue weighted by Gasteiger charge is -2.26.